The van der Waals surface area contributed by atoms with Crippen molar-refractivity contribution in [3.05, 3.63) is 34.3 Å². The number of likely N-dealkylation sites (N-methyl/N-ethyl adjacent to an activating group) is 1. The molecule has 84 valence electrons. The minimum absolute atomic E-state index is 0.328. The van der Waals surface area contributed by atoms with Gasteiger partial charge in [-0.3, -0.25) is 0 Å². The third-order valence-electron chi connectivity index (χ3n) is 2.32. The highest BCUT2D eigenvalue weighted by Gasteiger charge is 2.05. The van der Waals surface area contributed by atoms with Crippen molar-refractivity contribution in [2.75, 3.05) is 13.1 Å². The molecule has 15 heavy (non-hydrogen) atoms. The number of nitrogens with one attached hydrogen (secondary N) is 1. The monoisotopic (exact) mass is 227 g/mol. The van der Waals surface area contributed by atoms with E-state index in [2.05, 4.69) is 5.32 Å². The first-order chi connectivity index (χ1) is 7.13. The molecule has 0 fully saturated rings. The Morgan fingerprint density at radius 2 is 2.20 bits per heavy atom. The van der Waals surface area contributed by atoms with Crippen molar-refractivity contribution in [3.63, 3.8) is 0 Å². The molecule has 2 nitrogen and oxygen atoms in total. The van der Waals surface area contributed by atoms with Crippen LogP contribution in [-0.4, -0.2) is 24.3 Å². The topological polar surface area (TPSA) is 32.3 Å². The number of benzene rings is 1. The summed E-state index contributed by atoms with van der Waals surface area (Å²) in [6.45, 7) is 5.52. The number of halogens is 1. The normalized spacial score (nSPS) is 12.8. The fourth-order valence-electron chi connectivity index (χ4n) is 1.49. The first kappa shape index (κ1) is 12.5. The number of aliphatic hydroxyl groups excluding tert-OH is 1. The van der Waals surface area contributed by atoms with Gasteiger partial charge in [0.2, 0.25) is 0 Å². The highest BCUT2D eigenvalue weighted by Crippen LogP contribution is 2.17. The molecule has 3 heteroatoms. The molecule has 0 aliphatic carbocycles. The third kappa shape index (κ3) is 4.20. The van der Waals surface area contributed by atoms with Gasteiger partial charge in [-0.15, -0.1) is 0 Å². The zero-order chi connectivity index (χ0) is 11.3. The molecule has 1 aromatic carbocycles. The van der Waals surface area contributed by atoms with Gasteiger partial charge in [-0.2, -0.15) is 0 Å². The summed E-state index contributed by atoms with van der Waals surface area (Å²) in [6.07, 6.45) is 0.343. The molecular formula is C12H18ClNO. The van der Waals surface area contributed by atoms with Gasteiger partial charge in [0.25, 0.3) is 0 Å². The van der Waals surface area contributed by atoms with E-state index in [4.69, 9.17) is 11.6 Å². The van der Waals surface area contributed by atoms with Gasteiger partial charge in [0, 0.05) is 11.6 Å². The Kier molecular flexibility index (Phi) is 5.09. The first-order valence-corrected chi connectivity index (χ1v) is 5.65. The van der Waals surface area contributed by atoms with Crippen LogP contribution in [0.2, 0.25) is 5.02 Å². The average molecular weight is 228 g/mol. The Morgan fingerprint density at radius 1 is 1.47 bits per heavy atom. The highest BCUT2D eigenvalue weighted by molar-refractivity contribution is 6.31. The molecule has 0 amide bonds. The second-order valence-electron chi connectivity index (χ2n) is 3.75. The number of rotatable bonds is 5. The fourth-order valence-corrected chi connectivity index (χ4v) is 1.61. The minimum Gasteiger partial charge on any atom is -0.391 e. The average Bonchev–Trinajstić information content (AvgIpc) is 2.20. The Bertz CT molecular complexity index is 314. The van der Waals surface area contributed by atoms with E-state index in [0.717, 1.165) is 22.7 Å². The molecule has 2 N–H and O–H groups in total. The van der Waals surface area contributed by atoms with Crippen molar-refractivity contribution in [2.24, 2.45) is 0 Å². The van der Waals surface area contributed by atoms with E-state index in [1.165, 1.54) is 0 Å². The van der Waals surface area contributed by atoms with E-state index in [0.29, 0.717) is 13.0 Å². The number of hydrogen-bond acceptors (Lipinski definition) is 2. The molecule has 0 bridgehead atoms. The minimum atomic E-state index is -0.328. The fraction of sp³-hybridized carbons (Fsp3) is 0.500. The van der Waals surface area contributed by atoms with Gasteiger partial charge in [0.05, 0.1) is 6.10 Å². The van der Waals surface area contributed by atoms with Gasteiger partial charge in [0.15, 0.2) is 0 Å². The summed E-state index contributed by atoms with van der Waals surface area (Å²) in [4.78, 5) is 0. The first-order valence-electron chi connectivity index (χ1n) is 5.27. The largest absolute Gasteiger partial charge is 0.391 e. The molecule has 1 atom stereocenters. The Balaban J connectivity index is 2.53. The smallest absolute Gasteiger partial charge is 0.0704 e. The van der Waals surface area contributed by atoms with Crippen molar-refractivity contribution in [1.29, 1.82) is 0 Å². The van der Waals surface area contributed by atoms with E-state index in [1.54, 1.807) is 0 Å². The van der Waals surface area contributed by atoms with Gasteiger partial charge >= 0.3 is 0 Å². The quantitative estimate of drug-likeness (QED) is 0.808. The van der Waals surface area contributed by atoms with Crippen LogP contribution in [0.25, 0.3) is 0 Å². The van der Waals surface area contributed by atoms with Crippen molar-refractivity contribution in [1.82, 2.24) is 5.32 Å². The van der Waals surface area contributed by atoms with E-state index in [-0.39, 0.29) is 6.10 Å². The van der Waals surface area contributed by atoms with Crippen molar-refractivity contribution < 1.29 is 5.11 Å². The Morgan fingerprint density at radius 3 is 2.80 bits per heavy atom. The van der Waals surface area contributed by atoms with Crippen LogP contribution in [0.4, 0.5) is 0 Å². The molecule has 0 aliphatic heterocycles. The summed E-state index contributed by atoms with van der Waals surface area (Å²) in [7, 11) is 0. The highest BCUT2D eigenvalue weighted by atomic mass is 35.5. The second kappa shape index (κ2) is 6.11. The molecule has 1 unspecified atom stereocenters. The van der Waals surface area contributed by atoms with E-state index in [9.17, 15) is 5.11 Å². The van der Waals surface area contributed by atoms with Gasteiger partial charge < -0.3 is 10.4 Å². The molecule has 1 aromatic rings. The van der Waals surface area contributed by atoms with Crippen LogP contribution in [0.15, 0.2) is 18.2 Å². The van der Waals surface area contributed by atoms with Crippen LogP contribution in [0.5, 0.6) is 0 Å². The lowest BCUT2D eigenvalue weighted by molar-refractivity contribution is 0.172. The molecule has 0 radical (unpaired) electrons. The van der Waals surface area contributed by atoms with E-state index in [1.807, 2.05) is 32.0 Å². The summed E-state index contributed by atoms with van der Waals surface area (Å²) >= 11 is 5.93. The summed E-state index contributed by atoms with van der Waals surface area (Å²) < 4.78 is 0. The predicted molar refractivity (Wildman–Crippen MR) is 64.4 cm³/mol. The van der Waals surface area contributed by atoms with Gasteiger partial charge in [-0.25, -0.2) is 0 Å². The van der Waals surface area contributed by atoms with Gasteiger partial charge in [-0.05, 0) is 37.1 Å². The SMILES string of the molecule is CCNCC(O)Cc1ccc(Cl)c(C)c1. The van der Waals surface area contributed by atoms with Gasteiger partial charge in [-0.1, -0.05) is 30.7 Å². The van der Waals surface area contributed by atoms with Gasteiger partial charge in [0.1, 0.15) is 0 Å². The van der Waals surface area contributed by atoms with Crippen LogP contribution in [-0.2, 0) is 6.42 Å². The lowest BCUT2D eigenvalue weighted by Crippen LogP contribution is -2.28. The molecule has 1 rings (SSSR count). The molecule has 0 spiro atoms. The van der Waals surface area contributed by atoms with Crippen LogP contribution >= 0.6 is 11.6 Å². The lowest BCUT2D eigenvalue weighted by atomic mass is 10.1. The second-order valence-corrected chi connectivity index (χ2v) is 4.16. The zero-order valence-electron chi connectivity index (χ0n) is 9.26. The maximum Gasteiger partial charge on any atom is 0.0704 e. The summed E-state index contributed by atoms with van der Waals surface area (Å²) in [6, 6.07) is 5.87. The Hall–Kier alpha value is -0.570. The standard InChI is InChI=1S/C12H18ClNO/c1-3-14-8-11(15)7-10-4-5-12(13)9(2)6-10/h4-6,11,14-15H,3,7-8H2,1-2H3. The van der Waals surface area contributed by atoms with E-state index < -0.39 is 0 Å². The van der Waals surface area contributed by atoms with Crippen LogP contribution in [0, 0.1) is 6.92 Å². The van der Waals surface area contributed by atoms with Crippen molar-refractivity contribution in [3.8, 4) is 0 Å². The predicted octanol–water partition coefficient (Wildman–Crippen LogP) is 2.16. The molecule has 0 aromatic heterocycles. The molecule has 0 saturated carbocycles. The Labute approximate surface area is 96.3 Å². The van der Waals surface area contributed by atoms with E-state index >= 15 is 0 Å². The summed E-state index contributed by atoms with van der Waals surface area (Å²) in [5.41, 5.74) is 2.19. The molecular weight excluding hydrogens is 210 g/mol. The lowest BCUT2D eigenvalue weighted by Gasteiger charge is -2.11. The number of aliphatic hydroxyl groups is 1. The van der Waals surface area contributed by atoms with Crippen LogP contribution in [0.3, 0.4) is 0 Å². The maximum atomic E-state index is 9.70. The number of hydrogen-bond donors (Lipinski definition) is 2. The summed E-state index contributed by atoms with van der Waals surface area (Å²) in [5.74, 6) is 0. The zero-order valence-corrected chi connectivity index (χ0v) is 10.0. The van der Waals surface area contributed by atoms with Crippen molar-refractivity contribution >= 4 is 11.6 Å². The number of aryl methyl sites for hydroxylation is 1. The molecule has 0 heterocycles. The van der Waals surface area contributed by atoms with Crippen LogP contribution in [0.1, 0.15) is 18.1 Å². The molecule has 0 aliphatic rings. The third-order valence-corrected chi connectivity index (χ3v) is 2.75. The van der Waals surface area contributed by atoms with Crippen LogP contribution < -0.4 is 5.32 Å². The maximum absolute atomic E-state index is 9.70. The molecule has 0 saturated heterocycles. The van der Waals surface area contributed by atoms with Crippen molar-refractivity contribution in [2.45, 2.75) is 26.4 Å². The summed E-state index contributed by atoms with van der Waals surface area (Å²) in [5, 5.41) is 13.6.